The van der Waals surface area contributed by atoms with E-state index in [0.29, 0.717) is 36.0 Å². The second-order valence-corrected chi connectivity index (χ2v) is 6.23. The fourth-order valence-corrected chi connectivity index (χ4v) is 2.29. The topological polar surface area (TPSA) is 112 Å². The number of non-ortho nitro benzene ring substituents is 1. The van der Waals surface area contributed by atoms with E-state index in [-0.39, 0.29) is 12.3 Å². The van der Waals surface area contributed by atoms with E-state index in [0.717, 1.165) is 12.8 Å². The lowest BCUT2D eigenvalue weighted by atomic mass is 10.2. The number of hydrazone groups is 1. The second-order valence-electron chi connectivity index (χ2n) is 6.23. The van der Waals surface area contributed by atoms with Crippen molar-refractivity contribution < 1.29 is 23.9 Å². The second kappa shape index (κ2) is 12.1. The van der Waals surface area contributed by atoms with Crippen molar-refractivity contribution in [2.75, 3.05) is 19.8 Å². The predicted octanol–water partition coefficient (Wildman–Crippen LogP) is 3.70. The zero-order chi connectivity index (χ0) is 21.8. The molecule has 9 heteroatoms. The van der Waals surface area contributed by atoms with Gasteiger partial charge in [-0.2, -0.15) is 5.10 Å². The molecule has 30 heavy (non-hydrogen) atoms. The molecular weight excluding hydrogens is 390 g/mol. The van der Waals surface area contributed by atoms with Gasteiger partial charge in [-0.1, -0.05) is 13.8 Å². The van der Waals surface area contributed by atoms with E-state index in [1.807, 2.05) is 19.9 Å². The summed E-state index contributed by atoms with van der Waals surface area (Å²) in [6.45, 7) is 4.93. The molecule has 2 aromatic carbocycles. The van der Waals surface area contributed by atoms with Gasteiger partial charge in [0.15, 0.2) is 6.61 Å². The maximum Gasteiger partial charge on any atom is 0.277 e. The van der Waals surface area contributed by atoms with E-state index in [1.165, 1.54) is 30.5 Å². The molecule has 0 fully saturated rings. The number of benzene rings is 2. The third kappa shape index (κ3) is 7.42. The fourth-order valence-electron chi connectivity index (χ4n) is 2.29. The Bertz CT molecular complexity index is 868. The van der Waals surface area contributed by atoms with Crippen molar-refractivity contribution >= 4 is 17.8 Å². The van der Waals surface area contributed by atoms with Crippen LogP contribution in [0.4, 0.5) is 5.69 Å². The molecule has 0 aromatic heterocycles. The molecule has 1 N–H and O–H groups in total. The highest BCUT2D eigenvalue weighted by Crippen LogP contribution is 2.24. The molecule has 2 rings (SSSR count). The maximum absolute atomic E-state index is 11.9. The SMILES string of the molecule is CCCOc1ccc(/C=N\NC(=O)COc2ccc([N+](=O)[O-])cc2)c(OCCC)c1. The number of ether oxygens (including phenoxy) is 3. The molecule has 160 valence electrons. The normalized spacial score (nSPS) is 10.6. The van der Waals surface area contributed by atoms with Crippen molar-refractivity contribution in [2.45, 2.75) is 26.7 Å². The van der Waals surface area contributed by atoms with E-state index < -0.39 is 10.8 Å². The minimum atomic E-state index is -0.508. The first-order chi connectivity index (χ1) is 14.5. The molecule has 0 heterocycles. The number of nitrogens with zero attached hydrogens (tertiary/aromatic N) is 2. The summed E-state index contributed by atoms with van der Waals surface area (Å²) in [6.07, 6.45) is 3.24. The Kier molecular flexibility index (Phi) is 9.11. The van der Waals surface area contributed by atoms with Crippen LogP contribution in [0.1, 0.15) is 32.3 Å². The highest BCUT2D eigenvalue weighted by Gasteiger charge is 2.07. The van der Waals surface area contributed by atoms with Crippen LogP contribution in [-0.2, 0) is 4.79 Å². The van der Waals surface area contributed by atoms with E-state index in [4.69, 9.17) is 14.2 Å². The zero-order valence-corrected chi connectivity index (χ0v) is 17.0. The number of nitrogens with one attached hydrogen (secondary N) is 1. The Labute approximate surface area is 174 Å². The Morgan fingerprint density at radius 2 is 1.70 bits per heavy atom. The van der Waals surface area contributed by atoms with Crippen LogP contribution in [0.5, 0.6) is 17.2 Å². The zero-order valence-electron chi connectivity index (χ0n) is 17.0. The summed E-state index contributed by atoms with van der Waals surface area (Å²) in [7, 11) is 0. The van der Waals surface area contributed by atoms with Crippen LogP contribution in [0.3, 0.4) is 0 Å². The van der Waals surface area contributed by atoms with Crippen molar-refractivity contribution in [1.82, 2.24) is 5.43 Å². The number of nitro benzene ring substituents is 1. The van der Waals surface area contributed by atoms with Crippen LogP contribution in [0.15, 0.2) is 47.6 Å². The first-order valence-electron chi connectivity index (χ1n) is 9.62. The van der Waals surface area contributed by atoms with Gasteiger partial charge in [0.05, 0.1) is 24.4 Å². The highest BCUT2D eigenvalue weighted by atomic mass is 16.6. The van der Waals surface area contributed by atoms with Gasteiger partial charge in [-0.05, 0) is 37.1 Å². The average molecular weight is 415 g/mol. The van der Waals surface area contributed by atoms with Crippen LogP contribution in [-0.4, -0.2) is 36.9 Å². The minimum absolute atomic E-state index is 0.0522. The first-order valence-corrected chi connectivity index (χ1v) is 9.62. The van der Waals surface area contributed by atoms with E-state index in [2.05, 4.69) is 10.5 Å². The molecule has 0 radical (unpaired) electrons. The molecule has 2 aromatic rings. The van der Waals surface area contributed by atoms with Gasteiger partial charge in [-0.25, -0.2) is 5.43 Å². The van der Waals surface area contributed by atoms with Crippen molar-refractivity contribution in [3.05, 3.63) is 58.1 Å². The molecule has 9 nitrogen and oxygen atoms in total. The van der Waals surface area contributed by atoms with E-state index in [1.54, 1.807) is 12.1 Å². The smallest absolute Gasteiger partial charge is 0.277 e. The summed E-state index contributed by atoms with van der Waals surface area (Å²) < 4.78 is 16.6. The number of rotatable bonds is 12. The van der Waals surface area contributed by atoms with Gasteiger partial charge >= 0.3 is 0 Å². The Balaban J connectivity index is 1.90. The molecule has 0 atom stereocenters. The number of hydrogen-bond acceptors (Lipinski definition) is 7. The van der Waals surface area contributed by atoms with Crippen molar-refractivity contribution in [1.29, 1.82) is 0 Å². The fraction of sp³-hybridized carbons (Fsp3) is 0.333. The summed E-state index contributed by atoms with van der Waals surface area (Å²) in [6, 6.07) is 10.9. The first kappa shape index (κ1) is 22.7. The van der Waals surface area contributed by atoms with Gasteiger partial charge < -0.3 is 14.2 Å². The molecule has 0 aliphatic carbocycles. The molecule has 0 bridgehead atoms. The lowest BCUT2D eigenvalue weighted by Gasteiger charge is -2.11. The molecule has 0 saturated carbocycles. The van der Waals surface area contributed by atoms with Crippen LogP contribution in [0.25, 0.3) is 0 Å². The Morgan fingerprint density at radius 3 is 2.37 bits per heavy atom. The third-order valence-corrected chi connectivity index (χ3v) is 3.73. The summed E-state index contributed by atoms with van der Waals surface area (Å²) in [5.74, 6) is 1.20. The minimum Gasteiger partial charge on any atom is -0.493 e. The average Bonchev–Trinajstić information content (AvgIpc) is 2.76. The number of carbonyl (C=O) groups is 1. The van der Waals surface area contributed by atoms with Gasteiger partial charge in [0.1, 0.15) is 17.2 Å². The molecule has 0 spiro atoms. The van der Waals surface area contributed by atoms with Crippen molar-refractivity contribution in [3.63, 3.8) is 0 Å². The molecule has 0 saturated heterocycles. The number of nitro groups is 1. The lowest BCUT2D eigenvalue weighted by Crippen LogP contribution is -2.24. The largest absolute Gasteiger partial charge is 0.493 e. The summed E-state index contributed by atoms with van der Waals surface area (Å²) in [5, 5.41) is 14.6. The van der Waals surface area contributed by atoms with Gasteiger partial charge in [0.25, 0.3) is 11.6 Å². The summed E-state index contributed by atoms with van der Waals surface area (Å²) in [5.41, 5.74) is 3.02. The van der Waals surface area contributed by atoms with E-state index in [9.17, 15) is 14.9 Å². The maximum atomic E-state index is 11.9. The number of amides is 1. The lowest BCUT2D eigenvalue weighted by molar-refractivity contribution is -0.384. The molecule has 1 amide bonds. The van der Waals surface area contributed by atoms with Crippen LogP contribution < -0.4 is 19.6 Å². The monoisotopic (exact) mass is 415 g/mol. The highest BCUT2D eigenvalue weighted by molar-refractivity contribution is 5.85. The molecule has 0 unspecified atom stereocenters. The van der Waals surface area contributed by atoms with Gasteiger partial charge in [0, 0.05) is 23.8 Å². The van der Waals surface area contributed by atoms with Gasteiger partial charge in [0.2, 0.25) is 0 Å². The predicted molar refractivity (Wildman–Crippen MR) is 112 cm³/mol. The Hall–Kier alpha value is -3.62. The summed E-state index contributed by atoms with van der Waals surface area (Å²) in [4.78, 5) is 22.0. The van der Waals surface area contributed by atoms with E-state index >= 15 is 0 Å². The standard InChI is InChI=1S/C21H25N3O6/c1-3-11-28-19-8-5-16(20(13-19)29-12-4-2)14-22-23-21(25)15-30-18-9-6-17(7-10-18)24(26)27/h5-10,13-14H,3-4,11-12,15H2,1-2H3,(H,23,25)/b22-14-. The van der Waals surface area contributed by atoms with Gasteiger partial charge in [-0.3, -0.25) is 14.9 Å². The molecule has 0 aliphatic rings. The van der Waals surface area contributed by atoms with Crippen LogP contribution in [0.2, 0.25) is 0 Å². The quantitative estimate of drug-likeness (QED) is 0.321. The third-order valence-electron chi connectivity index (χ3n) is 3.73. The van der Waals surface area contributed by atoms with Crippen molar-refractivity contribution in [2.24, 2.45) is 5.10 Å². The Morgan fingerprint density at radius 1 is 1.03 bits per heavy atom. The molecular formula is C21H25N3O6. The number of hydrogen-bond donors (Lipinski definition) is 1. The van der Waals surface area contributed by atoms with Crippen molar-refractivity contribution in [3.8, 4) is 17.2 Å². The summed E-state index contributed by atoms with van der Waals surface area (Å²) >= 11 is 0. The van der Waals surface area contributed by atoms with Crippen LogP contribution >= 0.6 is 0 Å². The van der Waals surface area contributed by atoms with Gasteiger partial charge in [-0.15, -0.1) is 0 Å². The van der Waals surface area contributed by atoms with Crippen LogP contribution in [0, 0.1) is 10.1 Å². The number of carbonyl (C=O) groups excluding carboxylic acids is 1. The molecule has 0 aliphatic heterocycles.